The highest BCUT2D eigenvalue weighted by Gasteiger charge is 2.26. The molecule has 1 aromatic carbocycles. The van der Waals surface area contributed by atoms with Crippen LogP contribution in [0.3, 0.4) is 0 Å². The third-order valence-corrected chi connectivity index (χ3v) is 4.59. The zero-order chi connectivity index (χ0) is 19.2. The highest BCUT2D eigenvalue weighted by molar-refractivity contribution is 5.92. The van der Waals surface area contributed by atoms with Crippen LogP contribution in [0.15, 0.2) is 34.9 Å². The van der Waals surface area contributed by atoms with E-state index in [1.165, 1.54) is 5.56 Å². The van der Waals surface area contributed by atoms with E-state index in [1.54, 1.807) is 17.9 Å². The molecule has 2 heterocycles. The highest BCUT2D eigenvalue weighted by Crippen LogP contribution is 2.13. The Morgan fingerprint density at radius 3 is 2.37 bits per heavy atom. The maximum atomic E-state index is 12.3. The Hall–Kier alpha value is -2.83. The van der Waals surface area contributed by atoms with Gasteiger partial charge >= 0.3 is 0 Å². The molecule has 0 saturated carbocycles. The lowest BCUT2D eigenvalue weighted by Crippen LogP contribution is -2.50. The molecule has 1 aliphatic heterocycles. The van der Waals surface area contributed by atoms with E-state index < -0.39 is 0 Å². The van der Waals surface area contributed by atoms with E-state index in [1.807, 2.05) is 36.1 Å². The zero-order valence-electron chi connectivity index (χ0n) is 15.8. The van der Waals surface area contributed by atoms with Crippen LogP contribution in [-0.4, -0.2) is 59.6 Å². The summed E-state index contributed by atoms with van der Waals surface area (Å²) in [4.78, 5) is 28.2. The van der Waals surface area contributed by atoms with Crippen molar-refractivity contribution in [3.8, 4) is 5.75 Å². The minimum atomic E-state index is -0.148. The number of aryl methyl sites for hydroxylation is 2. The number of nitrogens with zero attached hydrogens (tertiary/aromatic N) is 3. The molecule has 7 heteroatoms. The fourth-order valence-electron chi connectivity index (χ4n) is 2.99. The summed E-state index contributed by atoms with van der Waals surface area (Å²) in [5, 5.41) is 3.76. The lowest BCUT2D eigenvalue weighted by molar-refractivity contribution is -0.132. The van der Waals surface area contributed by atoms with Gasteiger partial charge < -0.3 is 19.1 Å². The second-order valence-electron chi connectivity index (χ2n) is 6.76. The van der Waals surface area contributed by atoms with Gasteiger partial charge in [0.15, 0.2) is 5.69 Å². The van der Waals surface area contributed by atoms with Crippen LogP contribution in [0.2, 0.25) is 0 Å². The maximum Gasteiger partial charge on any atom is 0.276 e. The van der Waals surface area contributed by atoms with Crippen LogP contribution in [0, 0.1) is 13.8 Å². The topological polar surface area (TPSA) is 75.9 Å². The van der Waals surface area contributed by atoms with Gasteiger partial charge in [-0.05, 0) is 32.4 Å². The van der Waals surface area contributed by atoms with E-state index in [0.717, 1.165) is 5.75 Å². The Kier molecular flexibility index (Phi) is 6.11. The van der Waals surface area contributed by atoms with Gasteiger partial charge in [-0.3, -0.25) is 9.59 Å². The van der Waals surface area contributed by atoms with Crippen LogP contribution < -0.4 is 4.74 Å². The number of amides is 2. The number of benzene rings is 1. The van der Waals surface area contributed by atoms with Crippen molar-refractivity contribution in [2.24, 2.45) is 0 Å². The zero-order valence-corrected chi connectivity index (χ0v) is 15.8. The lowest BCUT2D eigenvalue weighted by Gasteiger charge is -2.34. The summed E-state index contributed by atoms with van der Waals surface area (Å²) in [5.41, 5.74) is 1.51. The normalized spacial score (nSPS) is 14.3. The number of rotatable bonds is 6. The van der Waals surface area contributed by atoms with Gasteiger partial charge in [-0.25, -0.2) is 0 Å². The van der Waals surface area contributed by atoms with Crippen molar-refractivity contribution in [3.63, 3.8) is 0 Å². The maximum absolute atomic E-state index is 12.3. The summed E-state index contributed by atoms with van der Waals surface area (Å²) in [5.74, 6) is 1.39. The second kappa shape index (κ2) is 8.70. The largest absolute Gasteiger partial charge is 0.494 e. The van der Waals surface area contributed by atoms with Crippen LogP contribution >= 0.6 is 0 Å². The first-order chi connectivity index (χ1) is 13.0. The molecule has 7 nitrogen and oxygen atoms in total. The molecule has 1 aliphatic rings. The van der Waals surface area contributed by atoms with Crippen molar-refractivity contribution >= 4 is 11.8 Å². The number of ether oxygens (including phenoxy) is 1. The van der Waals surface area contributed by atoms with Gasteiger partial charge in [0.05, 0.1) is 6.61 Å². The molecule has 2 amide bonds. The van der Waals surface area contributed by atoms with Crippen molar-refractivity contribution in [3.05, 3.63) is 47.3 Å². The van der Waals surface area contributed by atoms with E-state index in [9.17, 15) is 9.59 Å². The van der Waals surface area contributed by atoms with E-state index in [2.05, 4.69) is 5.16 Å². The molecule has 2 aromatic rings. The van der Waals surface area contributed by atoms with Crippen LogP contribution in [0.1, 0.15) is 34.7 Å². The van der Waals surface area contributed by atoms with Gasteiger partial charge in [0, 0.05) is 38.7 Å². The third kappa shape index (κ3) is 5.09. The van der Waals surface area contributed by atoms with Crippen LogP contribution in [0.25, 0.3) is 0 Å². The van der Waals surface area contributed by atoms with E-state index in [0.29, 0.717) is 57.1 Å². The van der Waals surface area contributed by atoms with Gasteiger partial charge in [0.2, 0.25) is 5.91 Å². The Bertz CT molecular complexity index is 777. The van der Waals surface area contributed by atoms with Crippen molar-refractivity contribution in [2.75, 3.05) is 32.8 Å². The molecule has 0 atom stereocenters. The summed E-state index contributed by atoms with van der Waals surface area (Å²) in [6.07, 6.45) is 1.12. The first-order valence-corrected chi connectivity index (χ1v) is 9.23. The standard InChI is InChI=1S/C20H25N3O4/c1-15-5-7-17(8-6-15)26-13-3-4-19(24)22-9-11-23(12-10-22)20(25)18-14-16(2)27-21-18/h5-8,14H,3-4,9-13H2,1-2H3. The summed E-state index contributed by atoms with van der Waals surface area (Å²) >= 11 is 0. The lowest BCUT2D eigenvalue weighted by atomic mass is 10.2. The average molecular weight is 371 g/mol. The van der Waals surface area contributed by atoms with Crippen LogP contribution in [-0.2, 0) is 4.79 Å². The Morgan fingerprint density at radius 2 is 1.74 bits per heavy atom. The van der Waals surface area contributed by atoms with Crippen molar-refractivity contribution < 1.29 is 18.8 Å². The molecule has 0 N–H and O–H groups in total. The Balaban J connectivity index is 1.37. The van der Waals surface area contributed by atoms with Crippen LogP contribution in [0.4, 0.5) is 0 Å². The Labute approximate surface area is 158 Å². The van der Waals surface area contributed by atoms with Crippen LogP contribution in [0.5, 0.6) is 5.75 Å². The summed E-state index contributed by atoms with van der Waals surface area (Å²) < 4.78 is 10.6. The number of carbonyl (C=O) groups is 2. The second-order valence-corrected chi connectivity index (χ2v) is 6.76. The van der Waals surface area contributed by atoms with Gasteiger partial charge in [-0.1, -0.05) is 22.9 Å². The number of hydrogen-bond acceptors (Lipinski definition) is 5. The SMILES string of the molecule is Cc1ccc(OCCCC(=O)N2CCN(C(=O)c3cc(C)on3)CC2)cc1. The van der Waals surface area contributed by atoms with Gasteiger partial charge in [-0.15, -0.1) is 0 Å². The van der Waals surface area contributed by atoms with Crippen molar-refractivity contribution in [2.45, 2.75) is 26.7 Å². The fraction of sp³-hybridized carbons (Fsp3) is 0.450. The van der Waals surface area contributed by atoms with Crippen molar-refractivity contribution in [1.29, 1.82) is 0 Å². The summed E-state index contributed by atoms with van der Waals surface area (Å²) in [6.45, 7) is 6.40. The molecule has 3 rings (SSSR count). The van der Waals surface area contributed by atoms with Gasteiger partial charge in [0.25, 0.3) is 5.91 Å². The first kappa shape index (κ1) is 18.9. The molecule has 1 saturated heterocycles. The summed E-state index contributed by atoms with van der Waals surface area (Å²) in [7, 11) is 0. The molecule has 0 radical (unpaired) electrons. The third-order valence-electron chi connectivity index (χ3n) is 4.59. The molecule has 0 spiro atoms. The number of hydrogen-bond donors (Lipinski definition) is 0. The van der Waals surface area contributed by atoms with E-state index in [4.69, 9.17) is 9.26 Å². The van der Waals surface area contributed by atoms with Gasteiger partial charge in [0.1, 0.15) is 11.5 Å². The minimum Gasteiger partial charge on any atom is -0.494 e. The van der Waals surface area contributed by atoms with Crippen molar-refractivity contribution in [1.82, 2.24) is 15.0 Å². The molecule has 0 aliphatic carbocycles. The quantitative estimate of drug-likeness (QED) is 0.729. The molecule has 1 aromatic heterocycles. The fourth-order valence-corrected chi connectivity index (χ4v) is 2.99. The smallest absolute Gasteiger partial charge is 0.276 e. The number of carbonyl (C=O) groups excluding carboxylic acids is 2. The van der Waals surface area contributed by atoms with E-state index >= 15 is 0 Å². The van der Waals surface area contributed by atoms with E-state index in [-0.39, 0.29) is 11.8 Å². The molecular formula is C20H25N3O4. The first-order valence-electron chi connectivity index (χ1n) is 9.23. The molecule has 0 bridgehead atoms. The summed E-state index contributed by atoms with van der Waals surface area (Å²) in [6, 6.07) is 9.50. The minimum absolute atomic E-state index is 0.104. The number of piperazine rings is 1. The molecular weight excluding hydrogens is 346 g/mol. The molecule has 27 heavy (non-hydrogen) atoms. The average Bonchev–Trinajstić information content (AvgIpc) is 3.12. The molecule has 1 fully saturated rings. The highest BCUT2D eigenvalue weighted by atomic mass is 16.5. The van der Waals surface area contributed by atoms with Gasteiger partial charge in [-0.2, -0.15) is 0 Å². The predicted octanol–water partition coefficient (Wildman–Crippen LogP) is 2.44. The number of aromatic nitrogens is 1. The monoisotopic (exact) mass is 371 g/mol. The Morgan fingerprint density at radius 1 is 1.07 bits per heavy atom. The molecule has 0 unspecified atom stereocenters. The predicted molar refractivity (Wildman–Crippen MR) is 99.6 cm³/mol. The molecule has 144 valence electrons.